The summed E-state index contributed by atoms with van der Waals surface area (Å²) in [4.78, 5) is 11.4. The summed E-state index contributed by atoms with van der Waals surface area (Å²) >= 11 is 0. The number of aryl methyl sites for hydroxylation is 1. The standard InChI is InChI=1S/C11H12F3NO2/c1-7-2-3-9(12)8(4-7)10(17)15-5-11(13,14)6-16/h2-4,16H,5-6H2,1H3,(H,15,17). The van der Waals surface area contributed by atoms with Gasteiger partial charge in [0, 0.05) is 0 Å². The zero-order chi connectivity index (χ0) is 13.1. The van der Waals surface area contributed by atoms with Gasteiger partial charge in [0.05, 0.1) is 12.1 Å². The Morgan fingerprint density at radius 3 is 2.71 bits per heavy atom. The molecule has 0 aliphatic carbocycles. The average Bonchev–Trinajstić information content (AvgIpc) is 2.29. The van der Waals surface area contributed by atoms with Crippen LogP contribution in [-0.2, 0) is 0 Å². The van der Waals surface area contributed by atoms with Crippen LogP contribution in [0.4, 0.5) is 13.2 Å². The van der Waals surface area contributed by atoms with E-state index in [1.165, 1.54) is 12.1 Å². The second-order valence-corrected chi connectivity index (χ2v) is 3.68. The van der Waals surface area contributed by atoms with Crippen molar-refractivity contribution in [2.45, 2.75) is 12.8 Å². The molecule has 0 aromatic heterocycles. The summed E-state index contributed by atoms with van der Waals surface area (Å²) in [6.45, 7) is -0.752. The first-order chi connectivity index (χ1) is 7.85. The molecular formula is C11H12F3NO2. The summed E-state index contributed by atoms with van der Waals surface area (Å²) in [5, 5.41) is 10.2. The number of aliphatic hydroxyl groups is 1. The molecule has 1 aromatic rings. The van der Waals surface area contributed by atoms with E-state index >= 15 is 0 Å². The molecule has 2 N–H and O–H groups in total. The third-order valence-electron chi connectivity index (χ3n) is 2.11. The summed E-state index contributed by atoms with van der Waals surface area (Å²) in [5.41, 5.74) is 0.351. The van der Waals surface area contributed by atoms with Crippen molar-refractivity contribution in [1.29, 1.82) is 0 Å². The van der Waals surface area contributed by atoms with Crippen molar-refractivity contribution in [3.05, 3.63) is 35.1 Å². The summed E-state index contributed by atoms with van der Waals surface area (Å²) < 4.78 is 38.5. The van der Waals surface area contributed by atoms with Gasteiger partial charge in [0.2, 0.25) is 0 Å². The second-order valence-electron chi connectivity index (χ2n) is 3.68. The third-order valence-corrected chi connectivity index (χ3v) is 2.11. The highest BCUT2D eigenvalue weighted by molar-refractivity contribution is 5.94. The van der Waals surface area contributed by atoms with Gasteiger partial charge in [-0.1, -0.05) is 11.6 Å². The van der Waals surface area contributed by atoms with Gasteiger partial charge in [-0.3, -0.25) is 4.79 Å². The molecule has 0 aliphatic rings. The van der Waals surface area contributed by atoms with Crippen LogP contribution in [0.2, 0.25) is 0 Å². The SMILES string of the molecule is Cc1ccc(F)c(C(=O)NCC(F)(F)CO)c1. The van der Waals surface area contributed by atoms with Crippen LogP contribution >= 0.6 is 0 Å². The fourth-order valence-electron chi connectivity index (χ4n) is 1.17. The first-order valence-corrected chi connectivity index (χ1v) is 4.89. The molecule has 0 aliphatic heterocycles. The van der Waals surface area contributed by atoms with Gasteiger partial charge >= 0.3 is 0 Å². The molecule has 3 nitrogen and oxygen atoms in total. The van der Waals surface area contributed by atoms with Crippen LogP contribution in [0.15, 0.2) is 18.2 Å². The maximum absolute atomic E-state index is 13.2. The van der Waals surface area contributed by atoms with E-state index in [4.69, 9.17) is 5.11 Å². The summed E-state index contributed by atoms with van der Waals surface area (Å²) in [5.74, 6) is -5.12. The summed E-state index contributed by atoms with van der Waals surface area (Å²) in [7, 11) is 0. The Morgan fingerprint density at radius 1 is 1.47 bits per heavy atom. The molecule has 0 heterocycles. The lowest BCUT2D eigenvalue weighted by Gasteiger charge is -2.14. The molecular weight excluding hydrogens is 235 g/mol. The van der Waals surface area contributed by atoms with Crippen LogP contribution in [0.1, 0.15) is 15.9 Å². The maximum Gasteiger partial charge on any atom is 0.287 e. The third kappa shape index (κ3) is 3.74. The molecule has 0 radical (unpaired) electrons. The lowest BCUT2D eigenvalue weighted by molar-refractivity contribution is -0.0462. The Kier molecular flexibility index (Phi) is 4.11. The van der Waals surface area contributed by atoms with Crippen LogP contribution in [0.3, 0.4) is 0 Å². The second kappa shape index (κ2) is 5.18. The van der Waals surface area contributed by atoms with E-state index in [1.807, 2.05) is 5.32 Å². The predicted molar refractivity (Wildman–Crippen MR) is 55.5 cm³/mol. The van der Waals surface area contributed by atoms with Crippen LogP contribution in [0.5, 0.6) is 0 Å². The molecule has 17 heavy (non-hydrogen) atoms. The molecule has 0 atom stereocenters. The van der Waals surface area contributed by atoms with Crippen molar-refractivity contribution in [2.75, 3.05) is 13.2 Å². The lowest BCUT2D eigenvalue weighted by Crippen LogP contribution is -2.39. The van der Waals surface area contributed by atoms with E-state index in [0.29, 0.717) is 5.56 Å². The van der Waals surface area contributed by atoms with Gasteiger partial charge in [-0.15, -0.1) is 0 Å². The average molecular weight is 247 g/mol. The Bertz CT molecular complexity index is 421. The number of nitrogens with one attached hydrogen (secondary N) is 1. The van der Waals surface area contributed by atoms with E-state index in [0.717, 1.165) is 6.07 Å². The molecule has 0 unspecified atom stereocenters. The normalized spacial score (nSPS) is 11.4. The van der Waals surface area contributed by atoms with Crippen molar-refractivity contribution < 1.29 is 23.1 Å². The van der Waals surface area contributed by atoms with Gasteiger partial charge in [0.15, 0.2) is 0 Å². The number of carbonyl (C=O) groups excluding carboxylic acids is 1. The largest absolute Gasteiger partial charge is 0.390 e. The van der Waals surface area contributed by atoms with E-state index < -0.39 is 30.8 Å². The van der Waals surface area contributed by atoms with Crippen molar-refractivity contribution in [3.8, 4) is 0 Å². The van der Waals surface area contributed by atoms with E-state index in [-0.39, 0.29) is 5.56 Å². The van der Waals surface area contributed by atoms with E-state index in [9.17, 15) is 18.0 Å². The molecule has 0 saturated carbocycles. The molecule has 1 amide bonds. The van der Waals surface area contributed by atoms with Gasteiger partial charge in [0.1, 0.15) is 12.4 Å². The van der Waals surface area contributed by atoms with Crippen LogP contribution < -0.4 is 5.32 Å². The van der Waals surface area contributed by atoms with Gasteiger partial charge in [0.25, 0.3) is 11.8 Å². The molecule has 0 bridgehead atoms. The minimum Gasteiger partial charge on any atom is -0.390 e. The Hall–Kier alpha value is -1.56. The van der Waals surface area contributed by atoms with E-state index in [2.05, 4.69) is 0 Å². The number of halogens is 3. The van der Waals surface area contributed by atoms with Crippen molar-refractivity contribution >= 4 is 5.91 Å². The minimum atomic E-state index is -3.41. The molecule has 94 valence electrons. The Labute approximate surface area is 96.3 Å². The molecule has 0 saturated heterocycles. The van der Waals surface area contributed by atoms with Crippen molar-refractivity contribution in [1.82, 2.24) is 5.32 Å². The highest BCUT2D eigenvalue weighted by Crippen LogP contribution is 2.12. The topological polar surface area (TPSA) is 49.3 Å². The van der Waals surface area contributed by atoms with Crippen molar-refractivity contribution in [2.24, 2.45) is 0 Å². The predicted octanol–water partition coefficient (Wildman–Crippen LogP) is 1.49. The Balaban J connectivity index is 2.74. The van der Waals surface area contributed by atoms with Crippen molar-refractivity contribution in [3.63, 3.8) is 0 Å². The van der Waals surface area contributed by atoms with E-state index in [1.54, 1.807) is 6.92 Å². The number of hydrogen-bond acceptors (Lipinski definition) is 2. The number of aliphatic hydroxyl groups excluding tert-OH is 1. The highest BCUT2D eigenvalue weighted by Gasteiger charge is 2.28. The highest BCUT2D eigenvalue weighted by atomic mass is 19.3. The van der Waals surface area contributed by atoms with Gasteiger partial charge in [-0.25, -0.2) is 13.2 Å². The fraction of sp³-hybridized carbons (Fsp3) is 0.364. The minimum absolute atomic E-state index is 0.293. The Morgan fingerprint density at radius 2 is 2.12 bits per heavy atom. The molecule has 1 rings (SSSR count). The van der Waals surface area contributed by atoms with Crippen LogP contribution in [0, 0.1) is 12.7 Å². The zero-order valence-electron chi connectivity index (χ0n) is 9.14. The van der Waals surface area contributed by atoms with Gasteiger partial charge in [-0.05, 0) is 19.1 Å². The number of benzene rings is 1. The number of alkyl halides is 2. The quantitative estimate of drug-likeness (QED) is 0.847. The molecule has 0 fully saturated rings. The summed E-state index contributed by atoms with van der Waals surface area (Å²) in [6.07, 6.45) is 0. The number of rotatable bonds is 4. The van der Waals surface area contributed by atoms with Crippen LogP contribution in [0.25, 0.3) is 0 Å². The van der Waals surface area contributed by atoms with Gasteiger partial charge < -0.3 is 10.4 Å². The number of amides is 1. The lowest BCUT2D eigenvalue weighted by atomic mass is 10.1. The zero-order valence-corrected chi connectivity index (χ0v) is 9.14. The molecule has 1 aromatic carbocycles. The number of hydrogen-bond donors (Lipinski definition) is 2. The fourth-order valence-corrected chi connectivity index (χ4v) is 1.17. The van der Waals surface area contributed by atoms with Crippen LogP contribution in [-0.4, -0.2) is 30.1 Å². The maximum atomic E-state index is 13.2. The number of carbonyl (C=O) groups is 1. The smallest absolute Gasteiger partial charge is 0.287 e. The first-order valence-electron chi connectivity index (χ1n) is 4.89. The monoisotopic (exact) mass is 247 g/mol. The van der Waals surface area contributed by atoms with Gasteiger partial charge in [-0.2, -0.15) is 0 Å². The molecule has 6 heteroatoms. The first kappa shape index (κ1) is 13.5. The molecule has 0 spiro atoms. The summed E-state index contributed by atoms with van der Waals surface area (Å²) in [6, 6.07) is 3.82.